The fourth-order valence-corrected chi connectivity index (χ4v) is 8.16. The van der Waals surface area contributed by atoms with Crippen LogP contribution in [0.15, 0.2) is 115 Å². The van der Waals surface area contributed by atoms with Crippen LogP contribution in [0.4, 0.5) is 16.2 Å². The second-order valence-electron chi connectivity index (χ2n) is 14.6. The minimum atomic E-state index is -0.787. The summed E-state index contributed by atoms with van der Waals surface area (Å²) < 4.78 is 6.07. The summed E-state index contributed by atoms with van der Waals surface area (Å²) >= 11 is 5.61. The highest BCUT2D eigenvalue weighted by Crippen LogP contribution is 2.45. The number of carbonyl (C=O) groups excluding carboxylic acids is 4. The Kier molecular flexibility index (Phi) is 22.2. The normalized spacial score (nSPS) is 16.0. The topological polar surface area (TPSA) is 132 Å². The van der Waals surface area contributed by atoms with Gasteiger partial charge in [-0.3, -0.25) is 14.5 Å². The predicted octanol–water partition coefficient (Wildman–Crippen LogP) is 9.08. The molecule has 63 heavy (non-hydrogen) atoms. The van der Waals surface area contributed by atoms with Crippen LogP contribution in [-0.2, 0) is 32.1 Å². The van der Waals surface area contributed by atoms with Gasteiger partial charge in [0, 0.05) is 57.7 Å². The number of fused-ring (bicyclic) bond motifs is 2. The van der Waals surface area contributed by atoms with E-state index in [0.717, 1.165) is 47.5 Å². The maximum Gasteiger partial charge on any atom is 0.410 e. The van der Waals surface area contributed by atoms with E-state index in [1.807, 2.05) is 114 Å². The number of nitrogens with zero attached hydrogens (tertiary/aromatic N) is 3. The number of aliphatic hydroxyl groups is 1. The quantitative estimate of drug-likeness (QED) is 0.135. The first-order valence-electron chi connectivity index (χ1n) is 21.7. The number of ether oxygens (including phenoxy) is 1. The van der Waals surface area contributed by atoms with Gasteiger partial charge in [-0.25, -0.2) is 4.79 Å². The number of carbonyl (C=O) groups is 4. The predicted molar refractivity (Wildman–Crippen MR) is 257 cm³/mol. The summed E-state index contributed by atoms with van der Waals surface area (Å²) in [4.78, 5) is 54.4. The van der Waals surface area contributed by atoms with Crippen LogP contribution >= 0.6 is 11.6 Å². The Morgan fingerprint density at radius 1 is 0.873 bits per heavy atom. The molecule has 2 atom stereocenters. The second-order valence-corrected chi connectivity index (χ2v) is 15.0. The molecule has 11 nitrogen and oxygen atoms in total. The number of aryl methyl sites for hydroxylation is 1. The molecule has 2 aliphatic heterocycles. The summed E-state index contributed by atoms with van der Waals surface area (Å²) in [5.41, 5.74) is 10.4. The lowest BCUT2D eigenvalue weighted by Crippen LogP contribution is -2.55. The number of hydrogen-bond acceptors (Lipinski definition) is 8. The van der Waals surface area contributed by atoms with Gasteiger partial charge < -0.3 is 35.1 Å². The van der Waals surface area contributed by atoms with Crippen molar-refractivity contribution in [2.24, 2.45) is 0 Å². The Balaban J connectivity index is 0.000000658. The first kappa shape index (κ1) is 51.4. The van der Waals surface area contributed by atoms with E-state index in [9.17, 15) is 14.4 Å². The van der Waals surface area contributed by atoms with Crippen LogP contribution in [-0.4, -0.2) is 99.1 Å². The Bertz CT molecular complexity index is 2090. The summed E-state index contributed by atoms with van der Waals surface area (Å²) in [6.07, 6.45) is 5.73. The van der Waals surface area contributed by atoms with E-state index in [1.54, 1.807) is 4.90 Å². The van der Waals surface area contributed by atoms with Crippen molar-refractivity contribution >= 4 is 53.2 Å². The average molecular weight is 881 g/mol. The smallest absolute Gasteiger partial charge is 0.410 e. The summed E-state index contributed by atoms with van der Waals surface area (Å²) in [7, 11) is 2.91. The molecule has 1 aliphatic carbocycles. The first-order valence-corrected chi connectivity index (χ1v) is 22.1. The van der Waals surface area contributed by atoms with E-state index in [0.29, 0.717) is 32.6 Å². The van der Waals surface area contributed by atoms with Crippen molar-refractivity contribution in [1.82, 2.24) is 15.1 Å². The zero-order valence-electron chi connectivity index (χ0n) is 38.0. The van der Waals surface area contributed by atoms with Gasteiger partial charge in [0.1, 0.15) is 19.4 Å². The molecule has 4 aromatic rings. The third-order valence-corrected chi connectivity index (χ3v) is 11.4. The lowest BCUT2D eigenvalue weighted by atomic mass is 9.93. The Morgan fingerprint density at radius 2 is 1.49 bits per heavy atom. The Morgan fingerprint density at radius 3 is 2.13 bits per heavy atom. The average Bonchev–Trinajstić information content (AvgIpc) is 3.66. The molecule has 4 aromatic carbocycles. The number of aliphatic hydroxyl groups excluding tert-OH is 1. The molecule has 12 heteroatoms. The van der Waals surface area contributed by atoms with Gasteiger partial charge >= 0.3 is 6.09 Å². The highest BCUT2D eigenvalue weighted by atomic mass is 35.5. The summed E-state index contributed by atoms with van der Waals surface area (Å²) in [6.45, 7) is 15.1. The second kappa shape index (κ2) is 27.2. The number of benzene rings is 4. The highest BCUT2D eigenvalue weighted by Gasteiger charge is 2.37. The van der Waals surface area contributed by atoms with E-state index in [2.05, 4.69) is 58.9 Å². The maximum atomic E-state index is 13.9. The summed E-state index contributed by atoms with van der Waals surface area (Å²) in [5.74, 6) is -0.526. The SMILES string of the molecule is C/C=C\CC1=C(CC)c2ccccc2C1COC(=O)N1Cc2ccccc2CC1C(=O)NCC(=O)N1CCN(c2ccccc2NC)CC1.C=O.CC.CO.Cc1ccc(Cl)cc1. The number of amides is 3. The number of para-hydroxylation sites is 2. The number of allylic oxidation sites excluding steroid dienone is 3. The lowest BCUT2D eigenvalue weighted by Gasteiger charge is -2.37. The van der Waals surface area contributed by atoms with Gasteiger partial charge in [0.2, 0.25) is 11.8 Å². The molecule has 1 saturated heterocycles. The Labute approximate surface area is 379 Å². The zero-order valence-corrected chi connectivity index (χ0v) is 38.8. The van der Waals surface area contributed by atoms with Crippen LogP contribution < -0.4 is 15.5 Å². The van der Waals surface area contributed by atoms with Crippen LogP contribution in [0.3, 0.4) is 0 Å². The molecule has 3 N–H and O–H groups in total. The molecule has 338 valence electrons. The van der Waals surface area contributed by atoms with Gasteiger partial charge in [-0.15, -0.1) is 0 Å². The van der Waals surface area contributed by atoms with Crippen molar-refractivity contribution in [3.05, 3.63) is 148 Å². The molecule has 0 radical (unpaired) electrons. The molecule has 3 aliphatic rings. The molecule has 0 saturated carbocycles. The van der Waals surface area contributed by atoms with Crippen molar-refractivity contribution < 1.29 is 29.0 Å². The number of halogens is 1. The molecule has 3 amide bonds. The van der Waals surface area contributed by atoms with Crippen molar-refractivity contribution in [1.29, 1.82) is 0 Å². The van der Waals surface area contributed by atoms with Crippen molar-refractivity contribution in [2.75, 3.05) is 63.7 Å². The minimum absolute atomic E-state index is 0.0412. The number of nitrogens with one attached hydrogen (secondary N) is 2. The van der Waals surface area contributed by atoms with Crippen LogP contribution in [0.25, 0.3) is 5.57 Å². The third-order valence-electron chi connectivity index (χ3n) is 11.1. The van der Waals surface area contributed by atoms with Gasteiger partial charge in [0.05, 0.1) is 24.5 Å². The van der Waals surface area contributed by atoms with E-state index in [-0.39, 0.29) is 37.4 Å². The summed E-state index contributed by atoms with van der Waals surface area (Å²) in [6, 6.07) is 31.3. The number of anilines is 2. The minimum Gasteiger partial charge on any atom is -0.448 e. The molecule has 0 bridgehead atoms. The van der Waals surface area contributed by atoms with Gasteiger partial charge in [0.15, 0.2) is 0 Å². The molecule has 0 spiro atoms. The van der Waals surface area contributed by atoms with Crippen LogP contribution in [0, 0.1) is 6.92 Å². The van der Waals surface area contributed by atoms with Crippen molar-refractivity contribution in [2.45, 2.75) is 72.4 Å². The monoisotopic (exact) mass is 879 g/mol. The number of piperazine rings is 1. The molecule has 2 heterocycles. The molecule has 2 unspecified atom stereocenters. The molecule has 7 rings (SSSR count). The van der Waals surface area contributed by atoms with Gasteiger partial charge in [0.25, 0.3) is 0 Å². The van der Waals surface area contributed by atoms with Crippen molar-refractivity contribution in [3.63, 3.8) is 0 Å². The van der Waals surface area contributed by atoms with E-state index >= 15 is 0 Å². The van der Waals surface area contributed by atoms with Crippen LogP contribution in [0.2, 0.25) is 5.02 Å². The zero-order chi connectivity index (χ0) is 46.3. The molecule has 1 fully saturated rings. The molecule has 0 aromatic heterocycles. The van der Waals surface area contributed by atoms with Crippen LogP contribution in [0.1, 0.15) is 74.3 Å². The van der Waals surface area contributed by atoms with Gasteiger partial charge in [-0.2, -0.15) is 0 Å². The molecular formula is C51H66ClN5O6. The van der Waals surface area contributed by atoms with E-state index in [1.165, 1.54) is 32.7 Å². The Hall–Kier alpha value is -5.91. The molecular weight excluding hydrogens is 814 g/mol. The fraction of sp³-hybridized carbons (Fsp3) is 0.373. The maximum absolute atomic E-state index is 13.9. The highest BCUT2D eigenvalue weighted by molar-refractivity contribution is 6.30. The fourth-order valence-electron chi connectivity index (χ4n) is 8.03. The number of rotatable bonds is 10. The summed E-state index contributed by atoms with van der Waals surface area (Å²) in [5, 5.41) is 13.9. The van der Waals surface area contributed by atoms with Crippen LogP contribution in [0.5, 0.6) is 0 Å². The van der Waals surface area contributed by atoms with E-state index < -0.39 is 12.1 Å². The number of hydrogen-bond donors (Lipinski definition) is 3. The van der Waals surface area contributed by atoms with E-state index in [4.69, 9.17) is 26.2 Å². The third kappa shape index (κ3) is 13.8. The van der Waals surface area contributed by atoms with Crippen molar-refractivity contribution in [3.8, 4) is 0 Å². The first-order chi connectivity index (χ1) is 30.7. The largest absolute Gasteiger partial charge is 0.448 e. The van der Waals surface area contributed by atoms with Gasteiger partial charge in [-0.05, 0) is 78.8 Å². The standard InChI is InChI=1S/C40H47N5O4.C7H7Cl.C2H6.CH4O.CH2O/c1-4-6-15-32-30(5-2)31-16-9-10-17-33(31)34(32)27-49-40(48)45-26-29-14-8-7-13-28(29)24-37(45)39(47)42-25-38(46)44-22-20-43(21-23-44)36-19-12-11-18-35(36)41-3;1-6-2-4-7(8)5-3-6;3*1-2/h4,6-14,16-19,34,37,41H,5,15,20-27H2,1-3H3,(H,42,47);2-5H,1H3;1-2H3;2H,1H3;1H2/b6-4-;;;;. The van der Waals surface area contributed by atoms with Gasteiger partial charge in [-0.1, -0.05) is 128 Å². The lowest BCUT2D eigenvalue weighted by molar-refractivity contribution is -0.134.